The molecule has 11 heteroatoms. The van der Waals surface area contributed by atoms with E-state index in [0.717, 1.165) is 23.5 Å². The number of anilines is 1. The summed E-state index contributed by atoms with van der Waals surface area (Å²) in [5, 5.41) is 3.01. The van der Waals surface area contributed by atoms with Gasteiger partial charge in [0.05, 0.1) is 30.4 Å². The van der Waals surface area contributed by atoms with Crippen molar-refractivity contribution in [3.63, 3.8) is 0 Å². The van der Waals surface area contributed by atoms with Crippen LogP contribution in [0.1, 0.15) is 16.8 Å². The summed E-state index contributed by atoms with van der Waals surface area (Å²) in [6, 6.07) is 9.66. The van der Waals surface area contributed by atoms with Gasteiger partial charge < -0.3 is 25.3 Å². The predicted molar refractivity (Wildman–Crippen MR) is 137 cm³/mol. The summed E-state index contributed by atoms with van der Waals surface area (Å²) in [5.74, 6) is 0.228. The average molecular weight is 513 g/mol. The number of rotatable bonds is 8. The normalized spacial score (nSPS) is 12.3. The second-order valence-corrected chi connectivity index (χ2v) is 8.25. The van der Waals surface area contributed by atoms with E-state index in [9.17, 15) is 18.0 Å². The lowest BCUT2D eigenvalue weighted by molar-refractivity contribution is -0.137. The van der Waals surface area contributed by atoms with Gasteiger partial charge in [-0.15, -0.1) is 0 Å². The number of carbonyl (C=O) groups is 1. The first kappa shape index (κ1) is 27.1. The number of benzene rings is 2. The highest BCUT2D eigenvalue weighted by molar-refractivity contribution is 6.44. The summed E-state index contributed by atoms with van der Waals surface area (Å²) in [6.07, 6.45) is 0.367. The molecule has 1 amide bonds. The Kier molecular flexibility index (Phi) is 8.06. The van der Waals surface area contributed by atoms with Gasteiger partial charge in [-0.2, -0.15) is 13.2 Å². The number of methoxy groups -OCH3 is 1. The molecule has 3 rings (SSSR count). The van der Waals surface area contributed by atoms with Crippen molar-refractivity contribution in [3.8, 4) is 11.4 Å². The van der Waals surface area contributed by atoms with Gasteiger partial charge in [0.15, 0.2) is 0 Å². The zero-order valence-electron chi connectivity index (χ0n) is 20.8. The van der Waals surface area contributed by atoms with Gasteiger partial charge in [-0.1, -0.05) is 18.7 Å². The molecule has 194 valence electrons. The molecule has 0 aliphatic heterocycles. The van der Waals surface area contributed by atoms with Crippen LogP contribution < -0.4 is 15.8 Å². The molecule has 0 fully saturated rings. The van der Waals surface area contributed by atoms with E-state index in [1.54, 1.807) is 25.6 Å². The first-order valence-corrected chi connectivity index (χ1v) is 11.0. The number of nitrogens with one attached hydrogen (secondary N) is 1. The lowest BCUT2D eigenvalue weighted by atomic mass is 10.1. The second-order valence-electron chi connectivity index (χ2n) is 8.25. The molecule has 0 radical (unpaired) electrons. The van der Waals surface area contributed by atoms with E-state index in [0.29, 0.717) is 17.0 Å². The summed E-state index contributed by atoms with van der Waals surface area (Å²) >= 11 is 0. The maximum atomic E-state index is 12.9. The van der Waals surface area contributed by atoms with E-state index < -0.39 is 17.6 Å². The van der Waals surface area contributed by atoms with Crippen LogP contribution in [0.15, 0.2) is 78.5 Å². The zero-order valence-corrected chi connectivity index (χ0v) is 20.8. The highest BCUT2D eigenvalue weighted by atomic mass is 19.4. The minimum absolute atomic E-state index is 0.0580. The number of amides is 1. The number of halogens is 3. The van der Waals surface area contributed by atoms with Crippen molar-refractivity contribution >= 4 is 23.0 Å². The van der Waals surface area contributed by atoms with Crippen molar-refractivity contribution in [3.05, 3.63) is 90.3 Å². The number of aryl methyl sites for hydroxylation is 1. The third kappa shape index (κ3) is 6.78. The highest BCUT2D eigenvalue weighted by Crippen LogP contribution is 2.30. The number of aromatic nitrogens is 2. The Morgan fingerprint density at radius 3 is 2.43 bits per heavy atom. The number of nitrogens with zero attached hydrogens (tertiary/aromatic N) is 4. The maximum absolute atomic E-state index is 12.9. The summed E-state index contributed by atoms with van der Waals surface area (Å²) in [4.78, 5) is 22.5. The second kappa shape index (κ2) is 11.0. The van der Waals surface area contributed by atoms with Crippen LogP contribution in [0.25, 0.3) is 11.4 Å². The average Bonchev–Trinajstić information content (AvgIpc) is 3.28. The fourth-order valence-corrected chi connectivity index (χ4v) is 3.31. The van der Waals surface area contributed by atoms with Crippen LogP contribution in [0, 0.1) is 6.92 Å². The van der Waals surface area contributed by atoms with Gasteiger partial charge in [-0.25, -0.2) is 9.98 Å². The Balaban J connectivity index is 1.87. The van der Waals surface area contributed by atoms with E-state index in [-0.39, 0.29) is 17.2 Å². The van der Waals surface area contributed by atoms with Gasteiger partial charge in [0.2, 0.25) is 0 Å². The number of imidazole rings is 1. The minimum atomic E-state index is -4.47. The Morgan fingerprint density at radius 1 is 1.22 bits per heavy atom. The smallest absolute Gasteiger partial charge is 0.416 e. The first-order valence-electron chi connectivity index (χ1n) is 11.0. The molecule has 0 aliphatic carbocycles. The summed E-state index contributed by atoms with van der Waals surface area (Å²) < 4.78 is 45.9. The standard InChI is InChI=1S/C26H27F3N6O2/c1-16-14-35(15-31-16)23-11-10-20(12-24(23)37-5)32-17(2)33-22(25(36)34(3)4)13-21(30)18-6-8-19(9-7-18)26(27,28)29/h6-15,32H,2,30H2,1,3-5H3/b21-13-,33-22+. The molecule has 1 aromatic heterocycles. The van der Waals surface area contributed by atoms with Crippen molar-refractivity contribution in [1.82, 2.24) is 14.5 Å². The van der Waals surface area contributed by atoms with Crippen LogP contribution in [0.4, 0.5) is 18.9 Å². The molecule has 0 aliphatic rings. The van der Waals surface area contributed by atoms with Gasteiger partial charge in [0.1, 0.15) is 17.3 Å². The molecule has 3 aromatic rings. The zero-order chi connectivity index (χ0) is 27.3. The third-order valence-corrected chi connectivity index (χ3v) is 5.18. The summed E-state index contributed by atoms with van der Waals surface area (Å²) in [5.41, 5.74) is 7.83. The lowest BCUT2D eigenvalue weighted by Gasteiger charge is -2.14. The first-order chi connectivity index (χ1) is 17.4. The van der Waals surface area contributed by atoms with Crippen LogP contribution in [-0.4, -0.2) is 47.3 Å². The summed E-state index contributed by atoms with van der Waals surface area (Å²) in [7, 11) is 4.62. The Labute approximate surface area is 212 Å². The quantitative estimate of drug-likeness (QED) is 0.430. The number of alkyl halides is 3. The number of ether oxygens (including phenoxy) is 1. The molecule has 0 saturated carbocycles. The van der Waals surface area contributed by atoms with Crippen LogP contribution in [0.3, 0.4) is 0 Å². The van der Waals surface area contributed by atoms with Gasteiger partial charge in [-0.3, -0.25) is 4.79 Å². The monoisotopic (exact) mass is 512 g/mol. The van der Waals surface area contributed by atoms with Crippen molar-refractivity contribution in [2.45, 2.75) is 13.1 Å². The number of hydrogen-bond donors (Lipinski definition) is 2. The highest BCUT2D eigenvalue weighted by Gasteiger charge is 2.30. The molecule has 0 unspecified atom stereocenters. The van der Waals surface area contributed by atoms with Gasteiger partial charge in [-0.05, 0) is 42.8 Å². The summed E-state index contributed by atoms with van der Waals surface area (Å²) in [6.45, 7) is 5.75. The van der Waals surface area contributed by atoms with Gasteiger partial charge in [0, 0.05) is 37.7 Å². The topological polar surface area (TPSA) is 97.8 Å². The molecule has 0 saturated heterocycles. The van der Waals surface area contributed by atoms with Crippen molar-refractivity contribution < 1.29 is 22.7 Å². The van der Waals surface area contributed by atoms with Crippen LogP contribution in [0.2, 0.25) is 0 Å². The number of carbonyl (C=O) groups excluding carboxylic acids is 1. The van der Waals surface area contributed by atoms with Crippen LogP contribution in [0.5, 0.6) is 5.75 Å². The molecule has 0 bridgehead atoms. The van der Waals surface area contributed by atoms with Crippen LogP contribution in [-0.2, 0) is 11.0 Å². The number of hydrogen-bond acceptors (Lipinski definition) is 6. The van der Waals surface area contributed by atoms with E-state index >= 15 is 0 Å². The molecule has 8 nitrogen and oxygen atoms in total. The fourth-order valence-electron chi connectivity index (χ4n) is 3.31. The van der Waals surface area contributed by atoms with Crippen molar-refractivity contribution in [2.24, 2.45) is 10.7 Å². The van der Waals surface area contributed by atoms with E-state index in [1.165, 1.54) is 37.2 Å². The molecule has 37 heavy (non-hydrogen) atoms. The molecular weight excluding hydrogens is 485 g/mol. The van der Waals surface area contributed by atoms with Crippen LogP contribution >= 0.6 is 0 Å². The fraction of sp³-hybridized carbons (Fsp3) is 0.192. The Hall–Kier alpha value is -4.54. The Morgan fingerprint density at radius 2 is 1.89 bits per heavy atom. The predicted octanol–water partition coefficient (Wildman–Crippen LogP) is 4.62. The van der Waals surface area contributed by atoms with E-state index in [1.807, 2.05) is 23.8 Å². The molecule has 0 atom stereocenters. The van der Waals surface area contributed by atoms with Crippen molar-refractivity contribution in [2.75, 3.05) is 26.5 Å². The van der Waals surface area contributed by atoms with Crippen molar-refractivity contribution in [1.29, 1.82) is 0 Å². The Bertz CT molecular complexity index is 1360. The molecule has 0 spiro atoms. The number of aliphatic imine (C=N–C) groups is 1. The van der Waals surface area contributed by atoms with Gasteiger partial charge in [0.25, 0.3) is 5.91 Å². The lowest BCUT2D eigenvalue weighted by Crippen LogP contribution is -2.29. The molecule has 2 aromatic carbocycles. The largest absolute Gasteiger partial charge is 0.494 e. The van der Waals surface area contributed by atoms with E-state index in [4.69, 9.17) is 10.5 Å². The molecule has 3 N–H and O–H groups in total. The number of nitrogens with two attached hydrogens (primary N) is 1. The third-order valence-electron chi connectivity index (χ3n) is 5.18. The SMILES string of the molecule is C=C(/N=C(\C=C(/N)c1ccc(C(F)(F)F)cc1)C(=O)N(C)C)Nc1ccc(-n2cnc(C)c2)c(OC)c1. The molecular formula is C26H27F3N6O2. The molecule has 1 heterocycles. The minimum Gasteiger partial charge on any atom is -0.494 e. The van der Waals surface area contributed by atoms with Gasteiger partial charge >= 0.3 is 6.18 Å². The maximum Gasteiger partial charge on any atom is 0.416 e. The van der Waals surface area contributed by atoms with E-state index in [2.05, 4.69) is 21.9 Å².